The minimum Gasteiger partial charge on any atom is -0.846 e. The summed E-state index contributed by atoms with van der Waals surface area (Å²) in [6.45, 7) is 0. The van der Waals surface area contributed by atoms with E-state index in [-0.39, 0.29) is 5.13 Å². The summed E-state index contributed by atoms with van der Waals surface area (Å²) in [5.41, 5.74) is 5.14. The Bertz CT molecular complexity index is 664. The topological polar surface area (TPSA) is 112 Å². The van der Waals surface area contributed by atoms with E-state index in [1.165, 1.54) is 6.20 Å². The molecule has 19 heavy (non-hydrogen) atoms. The summed E-state index contributed by atoms with van der Waals surface area (Å²) in [4.78, 5) is 3.92. The van der Waals surface area contributed by atoms with E-state index in [1.807, 2.05) is 0 Å². The Hall–Kier alpha value is -2.13. The molecule has 0 aliphatic carbocycles. The fraction of sp³-hybridized carbons (Fsp3) is 0. The van der Waals surface area contributed by atoms with Gasteiger partial charge in [0.25, 0.3) is 0 Å². The van der Waals surface area contributed by atoms with E-state index in [9.17, 15) is 13.5 Å². The largest absolute Gasteiger partial charge is 0.846 e. The molecule has 0 unspecified atom stereocenters. The normalized spacial score (nSPS) is 12.3. The molecule has 0 saturated carbocycles. The van der Waals surface area contributed by atoms with E-state index in [4.69, 9.17) is 5.73 Å². The number of thiazole rings is 1. The van der Waals surface area contributed by atoms with E-state index in [0.717, 1.165) is 15.6 Å². The van der Waals surface area contributed by atoms with Gasteiger partial charge in [-0.15, -0.1) is 15.7 Å². The van der Waals surface area contributed by atoms with E-state index >= 15 is 0 Å². The van der Waals surface area contributed by atoms with Crippen molar-refractivity contribution in [2.45, 2.75) is 0 Å². The average Bonchev–Trinajstić information content (AvgIpc) is 2.82. The van der Waals surface area contributed by atoms with Crippen LogP contribution in [-0.2, 0) is 10.2 Å². The van der Waals surface area contributed by atoms with Crippen molar-refractivity contribution < 1.29 is 13.5 Å². The molecule has 0 aliphatic heterocycles. The van der Waals surface area contributed by atoms with E-state index in [1.54, 1.807) is 35.7 Å². The third-order valence-electron chi connectivity index (χ3n) is 2.02. The zero-order valence-corrected chi connectivity index (χ0v) is 11.1. The van der Waals surface area contributed by atoms with Crippen molar-refractivity contribution in [2.24, 2.45) is 10.1 Å². The molecule has 2 aromatic rings. The Labute approximate surface area is 113 Å². The Morgan fingerprint density at radius 2 is 2.05 bits per heavy atom. The van der Waals surface area contributed by atoms with Crippen molar-refractivity contribution in [1.82, 2.24) is 4.98 Å². The van der Waals surface area contributed by atoms with Crippen molar-refractivity contribution in [3.05, 3.63) is 41.9 Å². The molecule has 0 atom stereocenters. The predicted molar refractivity (Wildman–Crippen MR) is 71.2 cm³/mol. The van der Waals surface area contributed by atoms with Crippen molar-refractivity contribution in [3.8, 4) is 0 Å². The van der Waals surface area contributed by atoms with Gasteiger partial charge in [0, 0.05) is 11.6 Å². The highest BCUT2D eigenvalue weighted by molar-refractivity contribution is 7.92. The number of para-hydroxylation sites is 1. The molecule has 0 spiro atoms. The molecule has 0 amide bonds. The van der Waals surface area contributed by atoms with Crippen LogP contribution in [0.3, 0.4) is 0 Å². The molecule has 2 rings (SSSR count). The van der Waals surface area contributed by atoms with Crippen LogP contribution in [0.2, 0.25) is 0 Å². The first-order valence-corrected chi connectivity index (χ1v) is 7.30. The van der Waals surface area contributed by atoms with Gasteiger partial charge in [-0.3, -0.25) is 0 Å². The molecule has 1 aromatic carbocycles. The van der Waals surface area contributed by atoms with Crippen molar-refractivity contribution >= 4 is 38.4 Å². The number of benzene rings is 1. The zero-order valence-electron chi connectivity index (χ0n) is 9.50. The highest BCUT2D eigenvalue weighted by Crippen LogP contribution is 2.30. The molecule has 0 bridgehead atoms. The second-order valence-electron chi connectivity index (χ2n) is 3.32. The maximum atomic E-state index is 12.1. The van der Waals surface area contributed by atoms with E-state index in [2.05, 4.69) is 9.38 Å². The Balaban J connectivity index is 2.57. The second-order valence-corrected chi connectivity index (χ2v) is 5.64. The lowest BCUT2D eigenvalue weighted by Crippen LogP contribution is -2.33. The highest BCUT2D eigenvalue weighted by atomic mass is 32.2. The Morgan fingerprint density at radius 1 is 1.37 bits per heavy atom. The minimum atomic E-state index is -4.27. The van der Waals surface area contributed by atoms with Crippen LogP contribution in [0.25, 0.3) is 0 Å². The first-order chi connectivity index (χ1) is 9.00. The first-order valence-electron chi connectivity index (χ1n) is 5.03. The number of hydrogen-bond acceptors (Lipinski definition) is 5. The number of hydrogen-bond donors (Lipinski definition) is 1. The lowest BCUT2D eigenvalue weighted by molar-refractivity contribution is -0.216. The molecule has 0 fully saturated rings. The van der Waals surface area contributed by atoms with Crippen LogP contribution in [0.5, 0.6) is 0 Å². The van der Waals surface area contributed by atoms with Crippen LogP contribution in [0, 0.1) is 0 Å². The first kappa shape index (κ1) is 13.3. The Morgan fingerprint density at radius 3 is 2.58 bits per heavy atom. The number of anilines is 2. The molecule has 7 nitrogen and oxygen atoms in total. The van der Waals surface area contributed by atoms with E-state index in [0.29, 0.717) is 5.69 Å². The van der Waals surface area contributed by atoms with Gasteiger partial charge in [0.2, 0.25) is 5.13 Å². The minimum absolute atomic E-state index is 0.177. The second kappa shape index (κ2) is 5.24. The average molecular weight is 297 g/mol. The van der Waals surface area contributed by atoms with Crippen LogP contribution >= 0.6 is 11.3 Å². The molecule has 0 aliphatic rings. The lowest BCUT2D eigenvalue weighted by Gasteiger charge is -2.19. The van der Waals surface area contributed by atoms with E-state index < -0.39 is 16.2 Å². The smallest absolute Gasteiger partial charge is 0.351 e. The number of aromatic nitrogens is 1. The molecule has 1 aromatic heterocycles. The lowest BCUT2D eigenvalue weighted by atomic mass is 10.3. The van der Waals surface area contributed by atoms with Crippen LogP contribution < -0.4 is 15.1 Å². The fourth-order valence-electron chi connectivity index (χ4n) is 1.38. The molecule has 100 valence electrons. The maximum Gasteiger partial charge on any atom is 0.351 e. The van der Waals surface area contributed by atoms with Gasteiger partial charge < -0.3 is 10.8 Å². The van der Waals surface area contributed by atoms with Gasteiger partial charge >= 0.3 is 10.2 Å². The summed E-state index contributed by atoms with van der Waals surface area (Å²) >= 11 is 1.10. The molecular weight excluding hydrogens is 288 g/mol. The maximum absolute atomic E-state index is 12.1. The molecule has 1 heterocycles. The summed E-state index contributed by atoms with van der Waals surface area (Å²) in [5.74, 6) is 0. The van der Waals surface area contributed by atoms with Gasteiger partial charge in [-0.2, -0.15) is 12.7 Å². The van der Waals surface area contributed by atoms with Crippen molar-refractivity contribution in [3.63, 3.8) is 0 Å². The summed E-state index contributed by atoms with van der Waals surface area (Å²) < 4.78 is 27.9. The molecule has 2 N–H and O–H groups in total. The number of amidine groups is 1. The molecule has 0 saturated heterocycles. The molecule has 9 heteroatoms. The van der Waals surface area contributed by atoms with Crippen LogP contribution in [0.1, 0.15) is 0 Å². The van der Waals surface area contributed by atoms with Crippen molar-refractivity contribution in [1.29, 1.82) is 0 Å². The van der Waals surface area contributed by atoms with Gasteiger partial charge in [-0.25, -0.2) is 4.98 Å². The fourth-order valence-corrected chi connectivity index (χ4v) is 3.30. The van der Waals surface area contributed by atoms with Gasteiger partial charge in [-0.05, 0) is 12.1 Å². The number of rotatable bonds is 4. The van der Waals surface area contributed by atoms with Gasteiger partial charge in [0.05, 0.1) is 11.7 Å². The Kier molecular flexibility index (Phi) is 3.67. The summed E-state index contributed by atoms with van der Waals surface area (Å²) in [6.07, 6.45) is 1.45. The summed E-state index contributed by atoms with van der Waals surface area (Å²) in [7, 11) is -4.27. The zero-order chi connectivity index (χ0) is 13.9. The van der Waals surface area contributed by atoms with Crippen LogP contribution in [0.15, 0.2) is 46.3 Å². The molecular formula is C10H9N4O3S2-. The third-order valence-corrected chi connectivity index (χ3v) is 4.15. The monoisotopic (exact) mass is 297 g/mol. The molecule has 0 radical (unpaired) electrons. The SMILES string of the molecule is N/C([O-])=N/S(=O)(=O)N(c1ccccc1)c1nccs1. The summed E-state index contributed by atoms with van der Waals surface area (Å²) in [6, 6.07) is 6.91. The van der Waals surface area contributed by atoms with Crippen LogP contribution in [-0.4, -0.2) is 19.4 Å². The third kappa shape index (κ3) is 3.01. The van der Waals surface area contributed by atoms with Gasteiger partial charge in [0.15, 0.2) is 0 Å². The van der Waals surface area contributed by atoms with Crippen LogP contribution in [0.4, 0.5) is 10.8 Å². The van der Waals surface area contributed by atoms with Crippen molar-refractivity contribution in [2.75, 3.05) is 4.31 Å². The standard InChI is InChI=1S/C10H10N4O3S2/c11-9(15)13-19(16,17)14(10-12-6-7-18-10)8-4-2-1-3-5-8/h1-7H,(H3,11,13,15)/p-1. The number of nitrogens with two attached hydrogens (primary N) is 1. The quantitative estimate of drug-likeness (QED) is 0.640. The summed E-state index contributed by atoms with van der Waals surface area (Å²) in [5, 5.41) is 12.5. The van der Waals surface area contributed by atoms with Gasteiger partial charge in [-0.1, -0.05) is 18.2 Å². The number of nitrogens with zero attached hydrogens (tertiary/aromatic N) is 3. The van der Waals surface area contributed by atoms with Gasteiger partial charge in [0.1, 0.15) is 0 Å². The predicted octanol–water partition coefficient (Wildman–Crippen LogP) is 0.201. The highest BCUT2D eigenvalue weighted by Gasteiger charge is 2.25.